The summed E-state index contributed by atoms with van der Waals surface area (Å²) in [6.07, 6.45) is 1.61. The Morgan fingerprint density at radius 2 is 1.69 bits per heavy atom. The quantitative estimate of drug-likeness (QED) is 0.304. The normalized spacial score (nSPS) is 17.7. The minimum absolute atomic E-state index is 0.0165. The molecular weight excluding hydrogens is 440 g/mol. The lowest BCUT2D eigenvalue weighted by Gasteiger charge is -2.26. The van der Waals surface area contributed by atoms with Gasteiger partial charge in [-0.3, -0.25) is 19.5 Å². The van der Waals surface area contributed by atoms with E-state index in [1.165, 1.54) is 12.0 Å². The molecule has 1 aliphatic rings. The van der Waals surface area contributed by atoms with E-state index in [0.717, 1.165) is 16.7 Å². The van der Waals surface area contributed by atoms with Gasteiger partial charge in [-0.2, -0.15) is 0 Å². The molecule has 1 saturated heterocycles. The van der Waals surface area contributed by atoms with E-state index < -0.39 is 17.7 Å². The number of Topliss-reactive ketones (excluding diaryl/α,β-unsaturated/α-hetero) is 1. The van der Waals surface area contributed by atoms with Crippen LogP contribution in [0.25, 0.3) is 5.76 Å². The van der Waals surface area contributed by atoms with Crippen LogP contribution in [-0.2, 0) is 15.0 Å². The van der Waals surface area contributed by atoms with E-state index in [9.17, 15) is 14.7 Å². The number of hydrogen-bond donors (Lipinski definition) is 1. The molecule has 6 nitrogen and oxygen atoms in total. The molecule has 1 fully saturated rings. The van der Waals surface area contributed by atoms with Gasteiger partial charge in [0.1, 0.15) is 17.6 Å². The summed E-state index contributed by atoms with van der Waals surface area (Å²) < 4.78 is 5.52. The van der Waals surface area contributed by atoms with Crippen molar-refractivity contribution in [3.05, 3.63) is 94.3 Å². The molecule has 0 saturated carbocycles. The van der Waals surface area contributed by atoms with Gasteiger partial charge in [0.05, 0.1) is 23.9 Å². The van der Waals surface area contributed by atoms with Gasteiger partial charge >= 0.3 is 0 Å². The molecule has 3 aromatic rings. The average molecular weight is 471 g/mol. The van der Waals surface area contributed by atoms with Crippen molar-refractivity contribution >= 4 is 23.1 Å². The Labute approximate surface area is 205 Å². The fourth-order valence-electron chi connectivity index (χ4n) is 4.51. The van der Waals surface area contributed by atoms with Gasteiger partial charge in [0.15, 0.2) is 0 Å². The summed E-state index contributed by atoms with van der Waals surface area (Å²) in [5.41, 5.74) is 4.08. The smallest absolute Gasteiger partial charge is 0.300 e. The van der Waals surface area contributed by atoms with Crippen LogP contribution in [-0.4, -0.2) is 28.9 Å². The molecule has 180 valence electrons. The van der Waals surface area contributed by atoms with Crippen molar-refractivity contribution in [2.75, 3.05) is 12.0 Å². The molecule has 1 aromatic heterocycles. The molecule has 4 rings (SSSR count). The predicted molar refractivity (Wildman–Crippen MR) is 137 cm³/mol. The van der Waals surface area contributed by atoms with Crippen LogP contribution in [0.2, 0.25) is 0 Å². The Kier molecular flexibility index (Phi) is 6.24. The monoisotopic (exact) mass is 470 g/mol. The third kappa shape index (κ3) is 4.44. The lowest BCUT2D eigenvalue weighted by Crippen LogP contribution is -2.30. The van der Waals surface area contributed by atoms with Gasteiger partial charge in [0, 0.05) is 11.9 Å². The van der Waals surface area contributed by atoms with Crippen LogP contribution < -0.4 is 9.64 Å². The van der Waals surface area contributed by atoms with Crippen LogP contribution in [0.3, 0.4) is 0 Å². The maximum absolute atomic E-state index is 13.5. The van der Waals surface area contributed by atoms with Gasteiger partial charge in [0.2, 0.25) is 0 Å². The van der Waals surface area contributed by atoms with Gasteiger partial charge in [-0.1, -0.05) is 39.0 Å². The van der Waals surface area contributed by atoms with E-state index >= 15 is 0 Å². The molecule has 6 heteroatoms. The third-order valence-corrected chi connectivity index (χ3v) is 6.22. The number of aliphatic hydroxyl groups excluding tert-OH is 1. The highest BCUT2D eigenvalue weighted by Gasteiger charge is 2.48. The summed E-state index contributed by atoms with van der Waals surface area (Å²) in [5.74, 6) is -1.35. The summed E-state index contributed by atoms with van der Waals surface area (Å²) >= 11 is 0. The molecular formula is C29H30N2O4. The summed E-state index contributed by atoms with van der Waals surface area (Å²) in [4.78, 5) is 32.8. The first-order valence-corrected chi connectivity index (χ1v) is 11.5. The van der Waals surface area contributed by atoms with Crippen LogP contribution >= 0.6 is 0 Å². The summed E-state index contributed by atoms with van der Waals surface area (Å²) in [7, 11) is 1.51. The molecule has 0 bridgehead atoms. The van der Waals surface area contributed by atoms with Crippen molar-refractivity contribution in [1.29, 1.82) is 0 Å². The van der Waals surface area contributed by atoms with E-state index in [1.807, 2.05) is 44.2 Å². The van der Waals surface area contributed by atoms with Crippen molar-refractivity contribution in [2.45, 2.75) is 46.1 Å². The first-order valence-electron chi connectivity index (χ1n) is 11.5. The van der Waals surface area contributed by atoms with Crippen molar-refractivity contribution in [2.24, 2.45) is 0 Å². The highest BCUT2D eigenvalue weighted by atomic mass is 16.5. The van der Waals surface area contributed by atoms with E-state index in [0.29, 0.717) is 22.7 Å². The number of rotatable bonds is 4. The molecule has 1 atom stereocenters. The molecule has 0 radical (unpaired) electrons. The Morgan fingerprint density at radius 3 is 2.26 bits per heavy atom. The minimum Gasteiger partial charge on any atom is -0.507 e. The van der Waals surface area contributed by atoms with Crippen molar-refractivity contribution in [1.82, 2.24) is 4.98 Å². The number of hydrogen-bond acceptors (Lipinski definition) is 5. The summed E-state index contributed by atoms with van der Waals surface area (Å²) in [5, 5.41) is 11.6. The van der Waals surface area contributed by atoms with E-state index in [1.54, 1.807) is 30.5 Å². The molecule has 0 aliphatic carbocycles. The highest BCUT2D eigenvalue weighted by Crippen LogP contribution is 2.43. The fraction of sp³-hybridized carbons (Fsp3) is 0.276. The minimum atomic E-state index is -0.889. The zero-order valence-corrected chi connectivity index (χ0v) is 20.9. The number of aryl methyl sites for hydroxylation is 2. The van der Waals surface area contributed by atoms with Gasteiger partial charge in [-0.05, 0) is 72.4 Å². The molecule has 1 amide bonds. The summed E-state index contributed by atoms with van der Waals surface area (Å²) in [6.45, 7) is 10.1. The Bertz CT molecular complexity index is 1320. The lowest BCUT2D eigenvalue weighted by atomic mass is 9.85. The van der Waals surface area contributed by atoms with Crippen LogP contribution in [0.1, 0.15) is 54.8 Å². The van der Waals surface area contributed by atoms with E-state index in [4.69, 9.17) is 4.74 Å². The van der Waals surface area contributed by atoms with Crippen molar-refractivity contribution in [3.8, 4) is 5.75 Å². The zero-order chi connectivity index (χ0) is 25.5. The number of nitrogens with zero attached hydrogens (tertiary/aromatic N) is 2. The molecule has 35 heavy (non-hydrogen) atoms. The second-order valence-electron chi connectivity index (χ2n) is 9.93. The Morgan fingerprint density at radius 1 is 1.00 bits per heavy atom. The van der Waals surface area contributed by atoms with Crippen LogP contribution in [0.15, 0.2) is 66.4 Å². The van der Waals surface area contributed by atoms with Crippen LogP contribution in [0, 0.1) is 13.8 Å². The van der Waals surface area contributed by atoms with Crippen LogP contribution in [0.4, 0.5) is 5.69 Å². The average Bonchev–Trinajstić information content (AvgIpc) is 3.08. The number of ether oxygens (including phenoxy) is 1. The topological polar surface area (TPSA) is 79.7 Å². The number of aromatic nitrogens is 1. The number of methoxy groups -OCH3 is 1. The number of pyridine rings is 1. The second kappa shape index (κ2) is 9.02. The van der Waals surface area contributed by atoms with E-state index in [2.05, 4.69) is 25.8 Å². The first-order chi connectivity index (χ1) is 16.5. The second-order valence-corrected chi connectivity index (χ2v) is 9.93. The molecule has 1 unspecified atom stereocenters. The van der Waals surface area contributed by atoms with Crippen molar-refractivity contribution < 1.29 is 19.4 Å². The molecule has 0 spiro atoms. The Hall–Kier alpha value is -3.93. The number of amides is 1. The van der Waals surface area contributed by atoms with Crippen LogP contribution in [0.5, 0.6) is 5.75 Å². The van der Waals surface area contributed by atoms with E-state index in [-0.39, 0.29) is 16.7 Å². The molecule has 2 aromatic carbocycles. The SMILES string of the molecule is COc1ccc(C(C)(C)C)cc1/C(O)=C1\C(=O)C(=O)N(c2cc(C)cc(C)c2)C1c1ccccn1. The number of benzene rings is 2. The summed E-state index contributed by atoms with van der Waals surface area (Å²) in [6, 6.07) is 15.7. The van der Waals surface area contributed by atoms with Gasteiger partial charge in [-0.25, -0.2) is 0 Å². The largest absolute Gasteiger partial charge is 0.507 e. The molecule has 2 heterocycles. The van der Waals surface area contributed by atoms with Gasteiger partial charge < -0.3 is 9.84 Å². The number of carbonyl (C=O) groups excluding carboxylic acids is 2. The standard InChI is InChI=1S/C29H30N2O4/c1-17-13-18(2)15-20(14-17)31-25(22-9-7-8-12-30-22)24(27(33)28(31)34)26(32)21-16-19(29(3,4)5)10-11-23(21)35-6/h7-16,25,32H,1-6H3/b26-24+. The molecule has 1 N–H and O–H groups in total. The van der Waals surface area contributed by atoms with Gasteiger partial charge in [0.25, 0.3) is 11.7 Å². The third-order valence-electron chi connectivity index (χ3n) is 6.22. The molecule has 1 aliphatic heterocycles. The zero-order valence-electron chi connectivity index (χ0n) is 20.9. The number of anilines is 1. The fourth-order valence-corrected chi connectivity index (χ4v) is 4.51. The maximum Gasteiger partial charge on any atom is 0.300 e. The number of aliphatic hydroxyl groups is 1. The lowest BCUT2D eigenvalue weighted by molar-refractivity contribution is -0.132. The van der Waals surface area contributed by atoms with Crippen molar-refractivity contribution in [3.63, 3.8) is 0 Å². The maximum atomic E-state index is 13.5. The highest BCUT2D eigenvalue weighted by molar-refractivity contribution is 6.51. The first kappa shape index (κ1) is 24.2. The number of carbonyl (C=O) groups is 2. The predicted octanol–water partition coefficient (Wildman–Crippen LogP) is 5.63. The van der Waals surface area contributed by atoms with Gasteiger partial charge in [-0.15, -0.1) is 0 Å². The number of ketones is 1. The Balaban J connectivity index is 2.00.